The molecule has 0 unspecified atom stereocenters. The summed E-state index contributed by atoms with van der Waals surface area (Å²) in [5.74, 6) is 0.631. The van der Waals surface area contributed by atoms with E-state index in [0.717, 1.165) is 15.1 Å². The second-order valence-corrected chi connectivity index (χ2v) is 4.51. The fraction of sp³-hybridized carbons (Fsp3) is 0.200. The first-order chi connectivity index (χ1) is 7.75. The molecular formula is C10H9BrClN3O. The number of rotatable bonds is 4. The van der Waals surface area contributed by atoms with Crippen LogP contribution in [0, 0.1) is 0 Å². The maximum atomic E-state index is 6.05. The number of hydrogen-bond acceptors (Lipinski definition) is 4. The molecule has 0 saturated heterocycles. The van der Waals surface area contributed by atoms with Crippen molar-refractivity contribution in [2.45, 2.75) is 13.1 Å². The normalized spacial score (nSPS) is 10.6. The van der Waals surface area contributed by atoms with Crippen molar-refractivity contribution in [2.75, 3.05) is 0 Å². The molecule has 84 valence electrons. The molecule has 0 radical (unpaired) electrons. The van der Waals surface area contributed by atoms with Gasteiger partial charge in [0.25, 0.3) is 0 Å². The van der Waals surface area contributed by atoms with Gasteiger partial charge in [-0.25, -0.2) is 0 Å². The van der Waals surface area contributed by atoms with Gasteiger partial charge in [0.05, 0.1) is 6.54 Å². The van der Waals surface area contributed by atoms with E-state index in [1.807, 2.05) is 18.2 Å². The lowest BCUT2D eigenvalue weighted by Gasteiger charge is -2.05. The Morgan fingerprint density at radius 1 is 1.38 bits per heavy atom. The topological polar surface area (TPSA) is 51.0 Å². The number of nitrogens with one attached hydrogen (secondary N) is 1. The second-order valence-electron chi connectivity index (χ2n) is 3.19. The molecule has 2 rings (SSSR count). The summed E-state index contributed by atoms with van der Waals surface area (Å²) in [5.41, 5.74) is 1.03. The standard InChI is InChI=1S/C10H9BrClN3O/c11-8-1-2-9(12)7(3-8)4-13-5-10-14-6-16-15-10/h1-3,6,13H,4-5H2. The van der Waals surface area contributed by atoms with E-state index in [1.165, 1.54) is 6.39 Å². The smallest absolute Gasteiger partial charge is 0.213 e. The Hall–Kier alpha value is -0.910. The fourth-order valence-corrected chi connectivity index (χ4v) is 1.85. The van der Waals surface area contributed by atoms with E-state index in [-0.39, 0.29) is 0 Å². The molecule has 0 aliphatic heterocycles. The van der Waals surface area contributed by atoms with Crippen LogP contribution in [0.5, 0.6) is 0 Å². The van der Waals surface area contributed by atoms with Crippen LogP contribution in [0.25, 0.3) is 0 Å². The Balaban J connectivity index is 1.92. The van der Waals surface area contributed by atoms with Crippen molar-refractivity contribution in [3.8, 4) is 0 Å². The number of aromatic nitrogens is 2. The van der Waals surface area contributed by atoms with Crippen molar-refractivity contribution in [1.29, 1.82) is 0 Å². The van der Waals surface area contributed by atoms with Gasteiger partial charge in [0.1, 0.15) is 0 Å². The molecule has 6 heteroatoms. The van der Waals surface area contributed by atoms with Crippen LogP contribution in [-0.4, -0.2) is 10.1 Å². The molecule has 4 nitrogen and oxygen atoms in total. The summed E-state index contributed by atoms with van der Waals surface area (Å²) in [7, 11) is 0. The highest BCUT2D eigenvalue weighted by Crippen LogP contribution is 2.20. The lowest BCUT2D eigenvalue weighted by Crippen LogP contribution is -2.13. The Bertz CT molecular complexity index is 461. The monoisotopic (exact) mass is 301 g/mol. The predicted molar refractivity (Wildman–Crippen MR) is 64.0 cm³/mol. The molecule has 1 aromatic carbocycles. The maximum absolute atomic E-state index is 6.05. The van der Waals surface area contributed by atoms with Crippen molar-refractivity contribution in [3.63, 3.8) is 0 Å². The highest BCUT2D eigenvalue weighted by Gasteiger charge is 2.02. The molecule has 0 spiro atoms. The van der Waals surface area contributed by atoms with Crippen LogP contribution in [0.3, 0.4) is 0 Å². The van der Waals surface area contributed by atoms with Crippen LogP contribution < -0.4 is 5.32 Å². The van der Waals surface area contributed by atoms with E-state index in [1.54, 1.807) is 0 Å². The van der Waals surface area contributed by atoms with E-state index in [2.05, 4.69) is 35.9 Å². The zero-order valence-electron chi connectivity index (χ0n) is 8.28. The minimum absolute atomic E-state index is 0.555. The highest BCUT2D eigenvalue weighted by atomic mass is 79.9. The first-order valence-corrected chi connectivity index (χ1v) is 5.82. The van der Waals surface area contributed by atoms with Gasteiger partial charge in [-0.2, -0.15) is 4.98 Å². The van der Waals surface area contributed by atoms with Crippen molar-refractivity contribution in [1.82, 2.24) is 15.5 Å². The van der Waals surface area contributed by atoms with Gasteiger partial charge in [0.2, 0.25) is 6.39 Å². The fourth-order valence-electron chi connectivity index (χ4n) is 1.26. The maximum Gasteiger partial charge on any atom is 0.213 e. The molecule has 1 aromatic heterocycles. The van der Waals surface area contributed by atoms with E-state index in [4.69, 9.17) is 11.6 Å². The Labute approximate surface area is 106 Å². The summed E-state index contributed by atoms with van der Waals surface area (Å²) < 4.78 is 5.63. The Morgan fingerprint density at radius 3 is 3.00 bits per heavy atom. The third-order valence-corrected chi connectivity index (χ3v) is 2.88. The van der Waals surface area contributed by atoms with Crippen LogP contribution in [0.15, 0.2) is 33.6 Å². The van der Waals surface area contributed by atoms with Gasteiger partial charge < -0.3 is 9.84 Å². The summed E-state index contributed by atoms with van der Waals surface area (Å²) >= 11 is 9.45. The largest absolute Gasteiger partial charge is 0.343 e. The number of halogens is 2. The zero-order chi connectivity index (χ0) is 11.4. The highest BCUT2D eigenvalue weighted by molar-refractivity contribution is 9.10. The number of nitrogens with zero attached hydrogens (tertiary/aromatic N) is 2. The first kappa shape index (κ1) is 11.6. The second kappa shape index (κ2) is 5.43. The molecule has 0 atom stereocenters. The van der Waals surface area contributed by atoms with Crippen molar-refractivity contribution in [2.24, 2.45) is 0 Å². The van der Waals surface area contributed by atoms with Crippen molar-refractivity contribution in [3.05, 3.63) is 45.5 Å². The first-order valence-electron chi connectivity index (χ1n) is 4.65. The molecule has 0 saturated carbocycles. The predicted octanol–water partition coefficient (Wildman–Crippen LogP) is 2.78. The van der Waals surface area contributed by atoms with E-state index >= 15 is 0 Å². The van der Waals surface area contributed by atoms with Crippen LogP contribution in [-0.2, 0) is 13.1 Å². The Morgan fingerprint density at radius 2 is 2.25 bits per heavy atom. The molecule has 0 amide bonds. The van der Waals surface area contributed by atoms with Gasteiger partial charge in [-0.05, 0) is 23.8 Å². The molecular weight excluding hydrogens is 293 g/mol. The number of benzene rings is 1. The molecule has 2 aromatic rings. The van der Waals surface area contributed by atoms with E-state index in [9.17, 15) is 0 Å². The minimum Gasteiger partial charge on any atom is -0.343 e. The van der Waals surface area contributed by atoms with Crippen LogP contribution in [0.4, 0.5) is 0 Å². The lowest BCUT2D eigenvalue weighted by atomic mass is 10.2. The van der Waals surface area contributed by atoms with Crippen LogP contribution in [0.1, 0.15) is 11.4 Å². The quantitative estimate of drug-likeness (QED) is 0.943. The van der Waals surface area contributed by atoms with Gasteiger partial charge in [-0.15, -0.1) is 0 Å². The van der Waals surface area contributed by atoms with Crippen LogP contribution in [0.2, 0.25) is 5.02 Å². The SMILES string of the molecule is Clc1ccc(Br)cc1CNCc1ncon1. The summed E-state index contributed by atoms with van der Waals surface area (Å²) in [6.07, 6.45) is 1.31. The van der Waals surface area contributed by atoms with Gasteiger partial charge >= 0.3 is 0 Å². The minimum atomic E-state index is 0.555. The van der Waals surface area contributed by atoms with E-state index in [0.29, 0.717) is 18.9 Å². The molecule has 0 bridgehead atoms. The summed E-state index contributed by atoms with van der Waals surface area (Å²) in [6.45, 7) is 1.21. The molecule has 1 heterocycles. The lowest BCUT2D eigenvalue weighted by molar-refractivity contribution is 0.407. The average molecular weight is 303 g/mol. The molecule has 0 fully saturated rings. The van der Waals surface area contributed by atoms with E-state index < -0.39 is 0 Å². The van der Waals surface area contributed by atoms with Crippen LogP contribution >= 0.6 is 27.5 Å². The molecule has 0 aliphatic rings. The average Bonchev–Trinajstić information content (AvgIpc) is 2.76. The van der Waals surface area contributed by atoms with Gasteiger partial charge in [-0.3, -0.25) is 0 Å². The molecule has 0 aliphatic carbocycles. The summed E-state index contributed by atoms with van der Waals surface area (Å²) in [5, 5.41) is 7.62. The van der Waals surface area contributed by atoms with Gasteiger partial charge in [0.15, 0.2) is 5.82 Å². The summed E-state index contributed by atoms with van der Waals surface area (Å²) in [6, 6.07) is 5.74. The molecule has 16 heavy (non-hydrogen) atoms. The van der Waals surface area contributed by atoms with Gasteiger partial charge in [0, 0.05) is 16.0 Å². The van der Waals surface area contributed by atoms with Crippen molar-refractivity contribution < 1.29 is 4.52 Å². The third kappa shape index (κ3) is 3.04. The number of hydrogen-bond donors (Lipinski definition) is 1. The summed E-state index contributed by atoms with van der Waals surface area (Å²) in [4.78, 5) is 3.90. The third-order valence-electron chi connectivity index (χ3n) is 2.01. The van der Waals surface area contributed by atoms with Crippen molar-refractivity contribution >= 4 is 27.5 Å². The van der Waals surface area contributed by atoms with Gasteiger partial charge in [-0.1, -0.05) is 32.7 Å². The molecule has 1 N–H and O–H groups in total. The Kier molecular flexibility index (Phi) is 3.93. The zero-order valence-corrected chi connectivity index (χ0v) is 10.6.